The van der Waals surface area contributed by atoms with Crippen molar-refractivity contribution in [3.63, 3.8) is 0 Å². The second kappa shape index (κ2) is 6.09. The van der Waals surface area contributed by atoms with Crippen LogP contribution in [0.2, 0.25) is 0 Å². The maximum absolute atomic E-state index is 11.6. The van der Waals surface area contributed by atoms with E-state index in [4.69, 9.17) is 5.11 Å². The third-order valence-electron chi connectivity index (χ3n) is 1.16. The monoisotopic (exact) mass is 164 g/mol. The summed E-state index contributed by atoms with van der Waals surface area (Å²) in [5.74, 6) is -0.874. The van der Waals surface area contributed by atoms with E-state index in [1.54, 1.807) is 0 Å². The van der Waals surface area contributed by atoms with Gasteiger partial charge in [-0.25, -0.2) is 9.18 Å². The van der Waals surface area contributed by atoms with Crippen molar-refractivity contribution in [2.45, 2.75) is 25.9 Å². The SMILES string of the molecule is CCCCOC(=O)[C@H](O)CF. The first-order valence-corrected chi connectivity index (χ1v) is 3.63. The summed E-state index contributed by atoms with van der Waals surface area (Å²) in [7, 11) is 0. The fourth-order valence-corrected chi connectivity index (χ4v) is 0.476. The number of aliphatic hydroxyl groups excluding tert-OH is 1. The molecule has 0 aliphatic carbocycles. The predicted octanol–water partition coefficient (Wildman–Crippen LogP) is 0.660. The second-order valence-corrected chi connectivity index (χ2v) is 2.19. The van der Waals surface area contributed by atoms with E-state index in [1.807, 2.05) is 6.92 Å². The molecule has 0 amide bonds. The Bertz CT molecular complexity index is 116. The molecule has 0 heterocycles. The molecule has 1 N–H and O–H groups in total. The number of ether oxygens (including phenoxy) is 1. The maximum Gasteiger partial charge on any atom is 0.337 e. The quantitative estimate of drug-likeness (QED) is 0.479. The molecule has 0 saturated heterocycles. The number of aliphatic hydroxyl groups is 1. The van der Waals surface area contributed by atoms with Crippen molar-refractivity contribution >= 4 is 5.97 Å². The van der Waals surface area contributed by atoms with Gasteiger partial charge in [0.25, 0.3) is 0 Å². The van der Waals surface area contributed by atoms with Crippen LogP contribution in [0.1, 0.15) is 19.8 Å². The van der Waals surface area contributed by atoms with E-state index in [0.29, 0.717) is 0 Å². The maximum atomic E-state index is 11.6. The summed E-state index contributed by atoms with van der Waals surface area (Å²) in [6.07, 6.45) is 0.0378. The molecular formula is C7H13FO3. The number of carbonyl (C=O) groups excluding carboxylic acids is 1. The standard InChI is InChI=1S/C7H13FO3/c1-2-3-4-11-7(10)6(9)5-8/h6,9H,2-5H2,1H3/t6-/m1/s1. The van der Waals surface area contributed by atoms with E-state index < -0.39 is 18.7 Å². The summed E-state index contributed by atoms with van der Waals surface area (Å²) < 4.78 is 16.1. The normalized spacial score (nSPS) is 12.6. The number of alkyl halides is 1. The Morgan fingerprint density at radius 2 is 2.36 bits per heavy atom. The molecule has 0 aliphatic rings. The Hall–Kier alpha value is -0.640. The minimum atomic E-state index is -1.60. The van der Waals surface area contributed by atoms with Crippen molar-refractivity contribution in [3.05, 3.63) is 0 Å². The van der Waals surface area contributed by atoms with Gasteiger partial charge in [-0.05, 0) is 6.42 Å². The molecule has 0 aliphatic heterocycles. The molecule has 0 spiro atoms. The molecule has 0 bridgehead atoms. The first-order valence-electron chi connectivity index (χ1n) is 3.63. The summed E-state index contributed by atoms with van der Waals surface area (Å²) in [6, 6.07) is 0. The molecule has 0 rings (SSSR count). The number of carbonyl (C=O) groups is 1. The van der Waals surface area contributed by atoms with Crippen LogP contribution in [0.4, 0.5) is 4.39 Å². The lowest BCUT2D eigenvalue weighted by Gasteiger charge is -2.05. The molecule has 0 fully saturated rings. The van der Waals surface area contributed by atoms with Crippen molar-refractivity contribution in [3.8, 4) is 0 Å². The smallest absolute Gasteiger partial charge is 0.337 e. The van der Waals surface area contributed by atoms with Crippen LogP contribution < -0.4 is 0 Å². The first kappa shape index (κ1) is 10.4. The zero-order valence-electron chi connectivity index (χ0n) is 6.55. The van der Waals surface area contributed by atoms with E-state index in [-0.39, 0.29) is 6.61 Å². The predicted molar refractivity (Wildman–Crippen MR) is 37.8 cm³/mol. The van der Waals surface area contributed by atoms with E-state index in [1.165, 1.54) is 0 Å². The van der Waals surface area contributed by atoms with E-state index in [9.17, 15) is 9.18 Å². The summed E-state index contributed by atoms with van der Waals surface area (Å²) >= 11 is 0. The molecule has 66 valence electrons. The van der Waals surface area contributed by atoms with Crippen LogP contribution >= 0.6 is 0 Å². The average Bonchev–Trinajstić information content (AvgIpc) is 2.03. The zero-order valence-corrected chi connectivity index (χ0v) is 6.55. The number of rotatable bonds is 5. The number of hydrogen-bond acceptors (Lipinski definition) is 3. The molecule has 0 unspecified atom stereocenters. The fraction of sp³-hybridized carbons (Fsp3) is 0.857. The Labute approximate surface area is 65.2 Å². The number of esters is 1. The Morgan fingerprint density at radius 3 is 2.82 bits per heavy atom. The van der Waals surface area contributed by atoms with Gasteiger partial charge in [0.15, 0.2) is 6.10 Å². The van der Waals surface area contributed by atoms with Crippen LogP contribution in [0.15, 0.2) is 0 Å². The van der Waals surface area contributed by atoms with Gasteiger partial charge in [0.05, 0.1) is 6.61 Å². The molecule has 0 saturated carbocycles. The summed E-state index contributed by atoms with van der Waals surface area (Å²) in [4.78, 5) is 10.5. The minimum Gasteiger partial charge on any atom is -0.464 e. The molecule has 1 atom stereocenters. The molecule has 0 radical (unpaired) electrons. The highest BCUT2D eigenvalue weighted by Crippen LogP contribution is 1.93. The van der Waals surface area contributed by atoms with Crippen LogP contribution in [0.3, 0.4) is 0 Å². The average molecular weight is 164 g/mol. The fourth-order valence-electron chi connectivity index (χ4n) is 0.476. The summed E-state index contributed by atoms with van der Waals surface area (Å²) in [5.41, 5.74) is 0. The molecule has 0 aromatic rings. The van der Waals surface area contributed by atoms with Crippen LogP contribution in [-0.4, -0.2) is 30.5 Å². The highest BCUT2D eigenvalue weighted by atomic mass is 19.1. The van der Waals surface area contributed by atoms with Crippen LogP contribution in [0.25, 0.3) is 0 Å². The van der Waals surface area contributed by atoms with Gasteiger partial charge in [-0.2, -0.15) is 0 Å². The lowest BCUT2D eigenvalue weighted by atomic mass is 10.3. The van der Waals surface area contributed by atoms with Gasteiger partial charge in [0.2, 0.25) is 0 Å². The van der Waals surface area contributed by atoms with Gasteiger partial charge in [0.1, 0.15) is 6.67 Å². The van der Waals surface area contributed by atoms with Crippen LogP contribution in [-0.2, 0) is 9.53 Å². The molecule has 0 aromatic carbocycles. The van der Waals surface area contributed by atoms with Crippen molar-refractivity contribution in [2.24, 2.45) is 0 Å². The van der Waals surface area contributed by atoms with Gasteiger partial charge < -0.3 is 9.84 Å². The van der Waals surface area contributed by atoms with E-state index >= 15 is 0 Å². The Morgan fingerprint density at radius 1 is 1.73 bits per heavy atom. The number of halogens is 1. The summed E-state index contributed by atoms with van der Waals surface area (Å²) in [6.45, 7) is 1.12. The molecular weight excluding hydrogens is 151 g/mol. The van der Waals surface area contributed by atoms with Gasteiger partial charge in [-0.1, -0.05) is 13.3 Å². The van der Waals surface area contributed by atoms with Gasteiger partial charge in [-0.15, -0.1) is 0 Å². The van der Waals surface area contributed by atoms with Crippen molar-refractivity contribution in [2.75, 3.05) is 13.3 Å². The van der Waals surface area contributed by atoms with Gasteiger partial charge in [0, 0.05) is 0 Å². The van der Waals surface area contributed by atoms with E-state index in [0.717, 1.165) is 12.8 Å². The zero-order chi connectivity index (χ0) is 8.69. The topological polar surface area (TPSA) is 46.5 Å². The highest BCUT2D eigenvalue weighted by molar-refractivity contribution is 5.74. The molecule has 3 nitrogen and oxygen atoms in total. The van der Waals surface area contributed by atoms with Crippen LogP contribution in [0, 0.1) is 0 Å². The molecule has 4 heteroatoms. The van der Waals surface area contributed by atoms with Crippen molar-refractivity contribution < 1.29 is 19.0 Å². The molecule has 11 heavy (non-hydrogen) atoms. The Kier molecular flexibility index (Phi) is 5.74. The number of unbranched alkanes of at least 4 members (excludes halogenated alkanes) is 1. The van der Waals surface area contributed by atoms with Crippen molar-refractivity contribution in [1.29, 1.82) is 0 Å². The highest BCUT2D eigenvalue weighted by Gasteiger charge is 2.14. The minimum absolute atomic E-state index is 0.256. The van der Waals surface area contributed by atoms with E-state index in [2.05, 4.69) is 4.74 Å². The van der Waals surface area contributed by atoms with Gasteiger partial charge >= 0.3 is 5.97 Å². The van der Waals surface area contributed by atoms with Crippen molar-refractivity contribution in [1.82, 2.24) is 0 Å². The second-order valence-electron chi connectivity index (χ2n) is 2.19. The lowest BCUT2D eigenvalue weighted by molar-refractivity contribution is -0.154. The van der Waals surface area contributed by atoms with Gasteiger partial charge in [-0.3, -0.25) is 0 Å². The third kappa shape index (κ3) is 4.72. The largest absolute Gasteiger partial charge is 0.464 e. The number of hydrogen-bond donors (Lipinski definition) is 1. The summed E-state index contributed by atoms with van der Waals surface area (Å²) in [5, 5.41) is 8.58. The Balaban J connectivity index is 3.36. The third-order valence-corrected chi connectivity index (χ3v) is 1.16. The lowest BCUT2D eigenvalue weighted by Crippen LogP contribution is -2.25. The molecule has 0 aromatic heterocycles. The first-order chi connectivity index (χ1) is 5.22. The van der Waals surface area contributed by atoms with Crippen LogP contribution in [0.5, 0.6) is 0 Å².